The summed E-state index contributed by atoms with van der Waals surface area (Å²) in [7, 11) is 0. The summed E-state index contributed by atoms with van der Waals surface area (Å²) < 4.78 is 0. The van der Waals surface area contributed by atoms with Crippen molar-refractivity contribution in [3.05, 3.63) is 0 Å². The largest absolute Gasteiger partial charge is 0.299 e. The van der Waals surface area contributed by atoms with Crippen molar-refractivity contribution in [1.82, 2.24) is 9.80 Å². The zero-order chi connectivity index (χ0) is 12.8. The van der Waals surface area contributed by atoms with Crippen LogP contribution in [0.3, 0.4) is 0 Å². The van der Waals surface area contributed by atoms with Crippen molar-refractivity contribution < 1.29 is 0 Å². The third-order valence-electron chi connectivity index (χ3n) is 4.87. The standard InChI is InChI=1S/C16H32N2/c1-3-5-11-17-13-7-10-16-15(17)9-8-14-18(16)12-6-4-2/h15-16H,3-14H2,1-2H3. The predicted octanol–water partition coefficient (Wildman–Crippen LogP) is 3.52. The highest BCUT2D eigenvalue weighted by Gasteiger charge is 2.36. The molecule has 2 heterocycles. The normalized spacial score (nSPS) is 30.3. The Morgan fingerprint density at radius 1 is 0.778 bits per heavy atom. The van der Waals surface area contributed by atoms with Gasteiger partial charge in [0.25, 0.3) is 0 Å². The lowest BCUT2D eigenvalue weighted by molar-refractivity contribution is 0.00529. The summed E-state index contributed by atoms with van der Waals surface area (Å²) in [6.45, 7) is 10.1. The van der Waals surface area contributed by atoms with Crippen molar-refractivity contribution in [2.24, 2.45) is 0 Å². The predicted molar refractivity (Wildman–Crippen MR) is 79.0 cm³/mol. The lowest BCUT2D eigenvalue weighted by Gasteiger charge is -2.49. The van der Waals surface area contributed by atoms with Gasteiger partial charge in [-0.05, 0) is 64.7 Å². The van der Waals surface area contributed by atoms with Crippen molar-refractivity contribution >= 4 is 0 Å². The molecular weight excluding hydrogens is 220 g/mol. The Balaban J connectivity index is 1.91. The van der Waals surface area contributed by atoms with E-state index >= 15 is 0 Å². The summed E-state index contributed by atoms with van der Waals surface area (Å²) >= 11 is 0. The first-order valence-electron chi connectivity index (χ1n) is 8.35. The first-order valence-corrected chi connectivity index (χ1v) is 8.35. The number of likely N-dealkylation sites (tertiary alicyclic amines) is 2. The van der Waals surface area contributed by atoms with E-state index < -0.39 is 0 Å². The fourth-order valence-corrected chi connectivity index (χ4v) is 3.85. The van der Waals surface area contributed by atoms with Gasteiger partial charge >= 0.3 is 0 Å². The second-order valence-electron chi connectivity index (χ2n) is 6.20. The Hall–Kier alpha value is -0.0800. The summed E-state index contributed by atoms with van der Waals surface area (Å²) in [6, 6.07) is 1.77. The molecule has 0 aliphatic carbocycles. The molecule has 2 nitrogen and oxygen atoms in total. The Morgan fingerprint density at radius 2 is 1.22 bits per heavy atom. The van der Waals surface area contributed by atoms with E-state index in [0.29, 0.717) is 0 Å². The van der Waals surface area contributed by atoms with E-state index in [1.54, 1.807) is 0 Å². The summed E-state index contributed by atoms with van der Waals surface area (Å²) in [5, 5.41) is 0. The highest BCUT2D eigenvalue weighted by atomic mass is 15.3. The topological polar surface area (TPSA) is 6.48 Å². The second kappa shape index (κ2) is 7.49. The molecule has 0 spiro atoms. The third kappa shape index (κ3) is 3.48. The molecule has 2 rings (SSSR count). The molecule has 0 N–H and O–H groups in total. The van der Waals surface area contributed by atoms with Gasteiger partial charge in [0.15, 0.2) is 0 Å². The molecule has 2 aliphatic rings. The molecule has 0 radical (unpaired) electrons. The molecule has 2 unspecified atom stereocenters. The number of hydrogen-bond donors (Lipinski definition) is 0. The SMILES string of the molecule is CCCCN1CCCC2C1CCCN2CCCC. The van der Waals surface area contributed by atoms with Gasteiger partial charge in [-0.3, -0.25) is 9.80 Å². The van der Waals surface area contributed by atoms with E-state index in [0.717, 1.165) is 12.1 Å². The number of piperidine rings is 2. The van der Waals surface area contributed by atoms with E-state index in [-0.39, 0.29) is 0 Å². The van der Waals surface area contributed by atoms with Crippen LogP contribution < -0.4 is 0 Å². The van der Waals surface area contributed by atoms with Gasteiger partial charge < -0.3 is 0 Å². The van der Waals surface area contributed by atoms with Gasteiger partial charge in [0.1, 0.15) is 0 Å². The number of fused-ring (bicyclic) bond motifs is 1. The van der Waals surface area contributed by atoms with Crippen LogP contribution >= 0.6 is 0 Å². The minimum absolute atomic E-state index is 0.885. The van der Waals surface area contributed by atoms with Gasteiger partial charge in [0.2, 0.25) is 0 Å². The smallest absolute Gasteiger partial charge is 0.0252 e. The zero-order valence-electron chi connectivity index (χ0n) is 12.5. The molecule has 2 fully saturated rings. The van der Waals surface area contributed by atoms with Gasteiger partial charge in [0, 0.05) is 12.1 Å². The Labute approximate surface area is 114 Å². The lowest BCUT2D eigenvalue weighted by atomic mass is 9.87. The molecule has 106 valence electrons. The van der Waals surface area contributed by atoms with Gasteiger partial charge in [0.05, 0.1) is 0 Å². The van der Waals surface area contributed by atoms with Crippen molar-refractivity contribution in [2.45, 2.75) is 77.3 Å². The molecule has 0 amide bonds. The molecule has 0 bridgehead atoms. The maximum absolute atomic E-state index is 2.82. The van der Waals surface area contributed by atoms with Crippen molar-refractivity contribution in [2.75, 3.05) is 26.2 Å². The average molecular weight is 252 g/mol. The maximum Gasteiger partial charge on any atom is 0.0252 e. The first kappa shape index (κ1) is 14.3. The monoisotopic (exact) mass is 252 g/mol. The van der Waals surface area contributed by atoms with Gasteiger partial charge in [-0.2, -0.15) is 0 Å². The molecule has 0 aromatic carbocycles. The van der Waals surface area contributed by atoms with Gasteiger partial charge in [-0.25, -0.2) is 0 Å². The molecule has 2 saturated heterocycles. The Morgan fingerprint density at radius 3 is 1.61 bits per heavy atom. The van der Waals surface area contributed by atoms with Crippen molar-refractivity contribution in [1.29, 1.82) is 0 Å². The fraction of sp³-hybridized carbons (Fsp3) is 1.00. The lowest BCUT2D eigenvalue weighted by Crippen LogP contribution is -2.58. The van der Waals surface area contributed by atoms with Crippen molar-refractivity contribution in [3.63, 3.8) is 0 Å². The molecule has 0 aromatic rings. The van der Waals surface area contributed by atoms with Crippen molar-refractivity contribution in [3.8, 4) is 0 Å². The average Bonchev–Trinajstić information content (AvgIpc) is 2.42. The molecule has 2 aliphatic heterocycles. The zero-order valence-corrected chi connectivity index (χ0v) is 12.5. The summed E-state index contributed by atoms with van der Waals surface area (Å²) in [5.41, 5.74) is 0. The van der Waals surface area contributed by atoms with Crippen LogP contribution in [-0.2, 0) is 0 Å². The van der Waals surface area contributed by atoms with E-state index in [1.165, 1.54) is 77.5 Å². The minimum atomic E-state index is 0.885. The van der Waals surface area contributed by atoms with Gasteiger partial charge in [-0.15, -0.1) is 0 Å². The van der Waals surface area contributed by atoms with E-state index in [4.69, 9.17) is 0 Å². The second-order valence-corrected chi connectivity index (χ2v) is 6.20. The first-order chi connectivity index (χ1) is 8.86. The van der Waals surface area contributed by atoms with Crippen LogP contribution in [0.4, 0.5) is 0 Å². The van der Waals surface area contributed by atoms with Crippen LogP contribution in [0.25, 0.3) is 0 Å². The quantitative estimate of drug-likeness (QED) is 0.714. The van der Waals surface area contributed by atoms with Crippen LogP contribution in [0.1, 0.15) is 65.2 Å². The van der Waals surface area contributed by atoms with Crippen LogP contribution in [-0.4, -0.2) is 48.1 Å². The van der Waals surface area contributed by atoms with Crippen LogP contribution in [0.15, 0.2) is 0 Å². The van der Waals surface area contributed by atoms with Crippen LogP contribution in [0.5, 0.6) is 0 Å². The Kier molecular flexibility index (Phi) is 5.97. The summed E-state index contributed by atoms with van der Waals surface area (Å²) in [4.78, 5) is 5.63. The third-order valence-corrected chi connectivity index (χ3v) is 4.87. The molecule has 0 aromatic heterocycles. The van der Waals surface area contributed by atoms with Gasteiger partial charge in [-0.1, -0.05) is 26.7 Å². The fourth-order valence-electron chi connectivity index (χ4n) is 3.85. The molecule has 18 heavy (non-hydrogen) atoms. The highest BCUT2D eigenvalue weighted by Crippen LogP contribution is 2.30. The van der Waals surface area contributed by atoms with E-state index in [1.807, 2.05) is 0 Å². The van der Waals surface area contributed by atoms with E-state index in [2.05, 4.69) is 23.6 Å². The molecule has 2 heteroatoms. The van der Waals surface area contributed by atoms with Crippen LogP contribution in [0.2, 0.25) is 0 Å². The molecule has 2 atom stereocenters. The summed E-state index contributed by atoms with van der Waals surface area (Å²) in [6.07, 6.45) is 11.2. The number of hydrogen-bond acceptors (Lipinski definition) is 2. The summed E-state index contributed by atoms with van der Waals surface area (Å²) in [5.74, 6) is 0. The maximum atomic E-state index is 2.82. The number of nitrogens with zero attached hydrogens (tertiary/aromatic N) is 2. The molecule has 0 saturated carbocycles. The number of rotatable bonds is 6. The van der Waals surface area contributed by atoms with E-state index in [9.17, 15) is 0 Å². The minimum Gasteiger partial charge on any atom is -0.299 e. The number of unbranched alkanes of at least 4 members (excludes halogenated alkanes) is 2. The molecular formula is C16H32N2. The Bertz CT molecular complexity index is 205. The van der Waals surface area contributed by atoms with Crippen LogP contribution in [0, 0.1) is 0 Å². The highest BCUT2D eigenvalue weighted by molar-refractivity contribution is 4.93.